The van der Waals surface area contributed by atoms with Crippen molar-refractivity contribution in [3.05, 3.63) is 45.1 Å². The number of aromatic nitrogens is 2. The first-order valence-corrected chi connectivity index (χ1v) is 6.16. The van der Waals surface area contributed by atoms with Gasteiger partial charge in [-0.1, -0.05) is 0 Å². The average molecular weight is 284 g/mol. The van der Waals surface area contributed by atoms with Crippen molar-refractivity contribution < 1.29 is 0 Å². The molecule has 2 aromatic rings. The lowest BCUT2D eigenvalue weighted by atomic mass is 10.2. The maximum Gasteiger partial charge on any atom is 0.0869 e. The number of rotatable bonds is 3. The van der Waals surface area contributed by atoms with Gasteiger partial charge in [-0.15, -0.1) is 11.3 Å². The first kappa shape index (κ1) is 10.7. The second kappa shape index (κ2) is 4.83. The highest BCUT2D eigenvalue weighted by atomic mass is 79.9. The maximum absolute atomic E-state index is 4.31. The van der Waals surface area contributed by atoms with Crippen LogP contribution in [0.3, 0.4) is 0 Å². The van der Waals surface area contributed by atoms with E-state index in [1.807, 2.05) is 13.1 Å². The lowest BCUT2D eigenvalue weighted by Gasteiger charge is -2.13. The van der Waals surface area contributed by atoms with Gasteiger partial charge in [0.2, 0.25) is 0 Å². The van der Waals surface area contributed by atoms with Crippen LogP contribution in [0, 0.1) is 0 Å². The Bertz CT molecular complexity index is 429. The van der Waals surface area contributed by atoms with Gasteiger partial charge in [0.05, 0.1) is 17.9 Å². The van der Waals surface area contributed by atoms with Crippen LogP contribution in [0.2, 0.25) is 0 Å². The molecule has 0 saturated carbocycles. The van der Waals surface area contributed by atoms with Crippen LogP contribution in [0.5, 0.6) is 0 Å². The van der Waals surface area contributed by atoms with E-state index >= 15 is 0 Å². The summed E-state index contributed by atoms with van der Waals surface area (Å²) in [6.45, 7) is 0. The normalized spacial score (nSPS) is 12.7. The van der Waals surface area contributed by atoms with E-state index in [1.54, 1.807) is 29.9 Å². The topological polar surface area (TPSA) is 37.8 Å². The molecule has 0 bridgehead atoms. The van der Waals surface area contributed by atoms with Crippen molar-refractivity contribution in [1.29, 1.82) is 0 Å². The molecule has 5 heteroatoms. The van der Waals surface area contributed by atoms with Crippen LogP contribution in [-0.4, -0.2) is 17.0 Å². The molecular formula is C10H10BrN3S. The van der Waals surface area contributed by atoms with Crippen LogP contribution in [0.15, 0.2) is 34.5 Å². The zero-order chi connectivity index (χ0) is 10.7. The smallest absolute Gasteiger partial charge is 0.0869 e. The summed E-state index contributed by atoms with van der Waals surface area (Å²) in [7, 11) is 1.92. The number of hydrogen-bond acceptors (Lipinski definition) is 4. The minimum atomic E-state index is 0.105. The number of thiophene rings is 1. The van der Waals surface area contributed by atoms with Crippen molar-refractivity contribution >= 4 is 27.3 Å². The van der Waals surface area contributed by atoms with Crippen LogP contribution >= 0.6 is 27.3 Å². The Kier molecular flexibility index (Phi) is 3.45. The fraction of sp³-hybridized carbons (Fsp3) is 0.200. The zero-order valence-corrected chi connectivity index (χ0v) is 10.5. The van der Waals surface area contributed by atoms with Gasteiger partial charge in [-0.25, -0.2) is 0 Å². The third-order valence-electron chi connectivity index (χ3n) is 2.07. The third-order valence-corrected chi connectivity index (χ3v) is 4.01. The van der Waals surface area contributed by atoms with Crippen LogP contribution in [0.4, 0.5) is 0 Å². The Labute approximate surface area is 101 Å². The summed E-state index contributed by atoms with van der Waals surface area (Å²) in [5.74, 6) is 0. The Morgan fingerprint density at radius 2 is 2.33 bits per heavy atom. The number of halogens is 1. The summed E-state index contributed by atoms with van der Waals surface area (Å²) in [6, 6.07) is 2.15. The third kappa shape index (κ3) is 2.25. The quantitative estimate of drug-likeness (QED) is 0.941. The van der Waals surface area contributed by atoms with Gasteiger partial charge < -0.3 is 5.32 Å². The van der Waals surface area contributed by atoms with Crippen molar-refractivity contribution in [3.63, 3.8) is 0 Å². The monoisotopic (exact) mass is 283 g/mol. The predicted molar refractivity (Wildman–Crippen MR) is 65.0 cm³/mol. The van der Waals surface area contributed by atoms with Crippen LogP contribution in [-0.2, 0) is 0 Å². The van der Waals surface area contributed by atoms with Crippen molar-refractivity contribution in [2.45, 2.75) is 6.04 Å². The molecule has 0 aliphatic carbocycles. The number of nitrogens with one attached hydrogen (secondary N) is 1. The summed E-state index contributed by atoms with van der Waals surface area (Å²) in [5.41, 5.74) is 0.933. The van der Waals surface area contributed by atoms with E-state index in [9.17, 15) is 0 Å². The molecule has 0 aliphatic heterocycles. The van der Waals surface area contributed by atoms with Crippen molar-refractivity contribution in [2.24, 2.45) is 0 Å². The summed E-state index contributed by atoms with van der Waals surface area (Å²) >= 11 is 5.23. The van der Waals surface area contributed by atoms with Gasteiger partial charge in [-0.05, 0) is 34.4 Å². The Morgan fingerprint density at radius 1 is 1.47 bits per heavy atom. The van der Waals surface area contributed by atoms with Gasteiger partial charge in [0, 0.05) is 21.7 Å². The molecule has 0 aromatic carbocycles. The lowest BCUT2D eigenvalue weighted by molar-refractivity contribution is 0.675. The molecule has 0 fully saturated rings. The van der Waals surface area contributed by atoms with Gasteiger partial charge >= 0.3 is 0 Å². The fourth-order valence-corrected chi connectivity index (χ4v) is 3.11. The second-order valence-corrected chi connectivity index (χ2v) is 4.79. The standard InChI is InChI=1S/C10H10BrN3S/c1-12-9(8-6-13-3-4-14-8)10-7(11)2-5-15-10/h2-6,9,12H,1H3. The summed E-state index contributed by atoms with van der Waals surface area (Å²) in [6.07, 6.45) is 5.17. The highest BCUT2D eigenvalue weighted by Crippen LogP contribution is 2.31. The van der Waals surface area contributed by atoms with Crippen molar-refractivity contribution in [3.8, 4) is 0 Å². The fourth-order valence-electron chi connectivity index (χ4n) is 1.38. The Morgan fingerprint density at radius 3 is 2.87 bits per heavy atom. The van der Waals surface area contributed by atoms with E-state index < -0.39 is 0 Å². The molecule has 0 aliphatic rings. The molecule has 78 valence electrons. The van der Waals surface area contributed by atoms with Crippen LogP contribution in [0.25, 0.3) is 0 Å². The molecule has 1 N–H and O–H groups in total. The van der Waals surface area contributed by atoms with E-state index in [-0.39, 0.29) is 6.04 Å². The Hall–Kier alpha value is -0.780. The number of hydrogen-bond donors (Lipinski definition) is 1. The van der Waals surface area contributed by atoms with Gasteiger partial charge in [0.25, 0.3) is 0 Å². The maximum atomic E-state index is 4.31. The van der Waals surface area contributed by atoms with Crippen molar-refractivity contribution in [1.82, 2.24) is 15.3 Å². The van der Waals surface area contributed by atoms with E-state index in [4.69, 9.17) is 0 Å². The van der Waals surface area contributed by atoms with E-state index in [1.165, 1.54) is 4.88 Å². The predicted octanol–water partition coefficient (Wildman–Crippen LogP) is 2.61. The molecule has 0 saturated heterocycles. The molecule has 1 atom stereocenters. The summed E-state index contributed by atoms with van der Waals surface area (Å²) < 4.78 is 1.11. The lowest BCUT2D eigenvalue weighted by Crippen LogP contribution is -2.18. The van der Waals surface area contributed by atoms with Gasteiger partial charge in [-0.3, -0.25) is 9.97 Å². The largest absolute Gasteiger partial charge is 0.307 e. The molecule has 15 heavy (non-hydrogen) atoms. The average Bonchev–Trinajstić information content (AvgIpc) is 2.68. The molecule has 1 unspecified atom stereocenters. The summed E-state index contributed by atoms with van der Waals surface area (Å²) in [5, 5.41) is 5.30. The highest BCUT2D eigenvalue weighted by molar-refractivity contribution is 9.10. The highest BCUT2D eigenvalue weighted by Gasteiger charge is 2.17. The SMILES string of the molecule is CNC(c1cnccn1)c1sccc1Br. The molecule has 2 rings (SSSR count). The molecule has 2 aromatic heterocycles. The molecule has 2 heterocycles. The summed E-state index contributed by atoms with van der Waals surface area (Å²) in [4.78, 5) is 9.61. The van der Waals surface area contributed by atoms with Gasteiger partial charge in [-0.2, -0.15) is 0 Å². The minimum Gasteiger partial charge on any atom is -0.307 e. The van der Waals surface area contributed by atoms with E-state index in [0.29, 0.717) is 0 Å². The molecular weight excluding hydrogens is 274 g/mol. The van der Waals surface area contributed by atoms with E-state index in [2.05, 4.69) is 36.6 Å². The van der Waals surface area contributed by atoms with Gasteiger partial charge in [0.15, 0.2) is 0 Å². The second-order valence-electron chi connectivity index (χ2n) is 2.98. The minimum absolute atomic E-state index is 0.105. The van der Waals surface area contributed by atoms with E-state index in [0.717, 1.165) is 10.2 Å². The van der Waals surface area contributed by atoms with Crippen LogP contribution in [0.1, 0.15) is 16.6 Å². The first-order chi connectivity index (χ1) is 7.33. The number of nitrogens with zero attached hydrogens (tertiary/aromatic N) is 2. The molecule has 0 amide bonds. The molecule has 0 radical (unpaired) electrons. The first-order valence-electron chi connectivity index (χ1n) is 4.49. The Balaban J connectivity index is 2.37. The van der Waals surface area contributed by atoms with Gasteiger partial charge in [0.1, 0.15) is 0 Å². The zero-order valence-electron chi connectivity index (χ0n) is 8.14. The van der Waals surface area contributed by atoms with Crippen molar-refractivity contribution in [2.75, 3.05) is 7.05 Å². The molecule has 3 nitrogen and oxygen atoms in total. The van der Waals surface area contributed by atoms with Crippen LogP contribution < -0.4 is 5.32 Å². The molecule has 0 spiro atoms.